The number of aromatic amines is 1. The third-order valence-corrected chi connectivity index (χ3v) is 4.29. The Labute approximate surface area is 100 Å². The van der Waals surface area contributed by atoms with Gasteiger partial charge in [0, 0.05) is 35.4 Å². The molecule has 0 aromatic carbocycles. The first-order chi connectivity index (χ1) is 8.34. The zero-order valence-electron chi connectivity index (χ0n) is 9.85. The Morgan fingerprint density at radius 1 is 1.47 bits per heavy atom. The molecule has 3 heteroatoms. The van der Waals surface area contributed by atoms with Crippen LogP contribution in [0.4, 0.5) is 0 Å². The molecule has 1 fully saturated rings. The van der Waals surface area contributed by atoms with Crippen molar-refractivity contribution < 1.29 is 0 Å². The van der Waals surface area contributed by atoms with Crippen molar-refractivity contribution in [3.05, 3.63) is 36.2 Å². The van der Waals surface area contributed by atoms with Crippen LogP contribution >= 0.6 is 0 Å². The molecule has 1 saturated heterocycles. The average Bonchev–Trinajstić information content (AvgIpc) is 2.81. The average molecular weight is 225 g/mol. The van der Waals surface area contributed by atoms with Crippen LogP contribution in [0.2, 0.25) is 0 Å². The van der Waals surface area contributed by atoms with Gasteiger partial charge in [0.25, 0.3) is 0 Å². The Kier molecular flexibility index (Phi) is 1.77. The lowest BCUT2D eigenvalue weighted by atomic mass is 9.77. The van der Waals surface area contributed by atoms with E-state index in [0.717, 1.165) is 11.7 Å². The summed E-state index contributed by atoms with van der Waals surface area (Å²) in [6.45, 7) is 0. The van der Waals surface area contributed by atoms with Crippen LogP contribution in [0.15, 0.2) is 30.6 Å². The number of hydrogen-bond acceptors (Lipinski definition) is 2. The Bertz CT molecular complexity index is 611. The Hall–Kier alpha value is -1.61. The van der Waals surface area contributed by atoms with E-state index < -0.39 is 0 Å². The summed E-state index contributed by atoms with van der Waals surface area (Å²) in [4.78, 5) is 10.1. The van der Waals surface area contributed by atoms with Gasteiger partial charge in [0.1, 0.15) is 5.65 Å². The monoisotopic (exact) mass is 225 g/mol. The fourth-order valence-corrected chi connectivity index (χ4v) is 3.20. The largest absolute Gasteiger partial charge is 0.346 e. The minimum Gasteiger partial charge on any atom is -0.346 e. The third-order valence-electron chi connectivity index (χ3n) is 4.29. The fraction of sp³-hybridized carbons (Fsp3) is 0.357. The van der Waals surface area contributed by atoms with Gasteiger partial charge in [-0.3, -0.25) is 4.90 Å². The van der Waals surface area contributed by atoms with E-state index >= 15 is 0 Å². The van der Waals surface area contributed by atoms with Crippen LogP contribution in [0.3, 0.4) is 0 Å². The van der Waals surface area contributed by atoms with Gasteiger partial charge < -0.3 is 4.98 Å². The molecule has 2 atom stereocenters. The number of nitrogens with one attached hydrogen (secondary N) is 1. The van der Waals surface area contributed by atoms with Crippen molar-refractivity contribution in [2.24, 2.45) is 0 Å². The molecule has 3 aliphatic rings. The Balaban J connectivity index is 1.87. The second kappa shape index (κ2) is 3.20. The molecule has 3 nitrogen and oxygen atoms in total. The van der Waals surface area contributed by atoms with E-state index in [1.165, 1.54) is 29.4 Å². The lowest BCUT2D eigenvalue weighted by molar-refractivity contribution is 0.0744. The highest BCUT2D eigenvalue weighted by atomic mass is 15.2. The molecule has 0 amide bonds. The maximum atomic E-state index is 4.36. The van der Waals surface area contributed by atoms with Crippen LogP contribution in [0, 0.1) is 0 Å². The highest BCUT2D eigenvalue weighted by Gasteiger charge is 2.41. The van der Waals surface area contributed by atoms with Gasteiger partial charge >= 0.3 is 0 Å². The van der Waals surface area contributed by atoms with Crippen LogP contribution in [-0.4, -0.2) is 34.0 Å². The van der Waals surface area contributed by atoms with E-state index in [9.17, 15) is 0 Å². The molecule has 0 spiro atoms. The number of aromatic nitrogens is 2. The van der Waals surface area contributed by atoms with Crippen LogP contribution in [0.5, 0.6) is 0 Å². The molecule has 4 heterocycles. The van der Waals surface area contributed by atoms with Crippen molar-refractivity contribution in [1.82, 2.24) is 14.9 Å². The minimum absolute atomic E-state index is 0.618. The highest BCUT2D eigenvalue weighted by Crippen LogP contribution is 2.42. The van der Waals surface area contributed by atoms with Crippen molar-refractivity contribution in [2.45, 2.75) is 24.9 Å². The maximum absolute atomic E-state index is 4.36. The molecule has 86 valence electrons. The predicted molar refractivity (Wildman–Crippen MR) is 68.6 cm³/mol. The van der Waals surface area contributed by atoms with Crippen molar-refractivity contribution >= 4 is 16.6 Å². The van der Waals surface area contributed by atoms with Gasteiger partial charge in [0.05, 0.1) is 0 Å². The molecule has 2 bridgehead atoms. The molecule has 0 radical (unpaired) electrons. The summed E-state index contributed by atoms with van der Waals surface area (Å²) in [5.74, 6) is 0. The normalized spacial score (nSPS) is 27.9. The van der Waals surface area contributed by atoms with Gasteiger partial charge in [0.2, 0.25) is 0 Å². The van der Waals surface area contributed by atoms with Gasteiger partial charge in [-0.2, -0.15) is 0 Å². The number of rotatable bonds is 1. The standard InChI is InChI=1S/C14H15N3/c1-17-9-4-5-10(13(17)7-9)12-8-16-14-11(12)3-2-6-15-14/h2-3,5-6,8-9,13H,4,7H2,1H3,(H,15,16). The highest BCUT2D eigenvalue weighted by molar-refractivity contribution is 5.92. The van der Waals surface area contributed by atoms with Crippen molar-refractivity contribution in [3.8, 4) is 0 Å². The van der Waals surface area contributed by atoms with Crippen LogP contribution < -0.4 is 0 Å². The van der Waals surface area contributed by atoms with E-state index in [0.29, 0.717) is 6.04 Å². The summed E-state index contributed by atoms with van der Waals surface area (Å²) in [6, 6.07) is 5.57. The number of likely N-dealkylation sites (N-methyl/N-ethyl adjacent to an activating group) is 1. The van der Waals surface area contributed by atoms with Crippen molar-refractivity contribution in [1.29, 1.82) is 0 Å². The minimum atomic E-state index is 0.618. The van der Waals surface area contributed by atoms with Crippen LogP contribution in [0.25, 0.3) is 16.6 Å². The molecule has 0 saturated carbocycles. The first kappa shape index (κ1) is 9.42. The summed E-state index contributed by atoms with van der Waals surface area (Å²) >= 11 is 0. The van der Waals surface area contributed by atoms with Gasteiger partial charge in [-0.25, -0.2) is 4.98 Å². The summed E-state index contributed by atoms with van der Waals surface area (Å²) in [6.07, 6.45) is 8.86. The van der Waals surface area contributed by atoms with E-state index in [1.54, 1.807) is 0 Å². The van der Waals surface area contributed by atoms with E-state index in [4.69, 9.17) is 0 Å². The van der Waals surface area contributed by atoms with Gasteiger partial charge in [-0.05, 0) is 37.6 Å². The molecule has 17 heavy (non-hydrogen) atoms. The Morgan fingerprint density at radius 3 is 3.24 bits per heavy atom. The fourth-order valence-electron chi connectivity index (χ4n) is 3.20. The smallest absolute Gasteiger partial charge is 0.137 e. The zero-order valence-corrected chi connectivity index (χ0v) is 9.85. The van der Waals surface area contributed by atoms with Gasteiger partial charge in [-0.1, -0.05) is 6.08 Å². The van der Waals surface area contributed by atoms with Crippen LogP contribution in [0.1, 0.15) is 18.4 Å². The summed E-state index contributed by atoms with van der Waals surface area (Å²) in [7, 11) is 2.24. The molecule has 2 unspecified atom stereocenters. The van der Waals surface area contributed by atoms with E-state index in [2.05, 4.69) is 40.3 Å². The quantitative estimate of drug-likeness (QED) is 0.808. The SMILES string of the molecule is CN1C2CC=C(c3c[nH]c4ncccc34)C1C2. The number of nitrogens with zero attached hydrogens (tertiary/aromatic N) is 2. The number of hydrogen-bond donors (Lipinski definition) is 1. The molecule has 2 aromatic rings. The summed E-state index contributed by atoms with van der Waals surface area (Å²) in [5.41, 5.74) is 3.81. The number of H-pyrrole nitrogens is 1. The molecular formula is C14H15N3. The second-order valence-corrected chi connectivity index (χ2v) is 5.07. The lowest BCUT2D eigenvalue weighted by Crippen LogP contribution is -2.55. The summed E-state index contributed by atoms with van der Waals surface area (Å²) < 4.78 is 0. The van der Waals surface area contributed by atoms with Crippen LogP contribution in [-0.2, 0) is 0 Å². The van der Waals surface area contributed by atoms with E-state index in [-0.39, 0.29) is 0 Å². The second-order valence-electron chi connectivity index (χ2n) is 5.07. The first-order valence-corrected chi connectivity index (χ1v) is 6.19. The summed E-state index contributed by atoms with van der Waals surface area (Å²) in [5, 5.41) is 1.25. The predicted octanol–water partition coefficient (Wildman–Crippen LogP) is 2.42. The molecule has 2 aromatic heterocycles. The topological polar surface area (TPSA) is 31.9 Å². The van der Waals surface area contributed by atoms with Crippen molar-refractivity contribution in [3.63, 3.8) is 0 Å². The molecule has 5 rings (SSSR count). The Morgan fingerprint density at radius 2 is 2.41 bits per heavy atom. The van der Waals surface area contributed by atoms with Gasteiger partial charge in [-0.15, -0.1) is 0 Å². The maximum Gasteiger partial charge on any atom is 0.137 e. The molecular weight excluding hydrogens is 210 g/mol. The third kappa shape index (κ3) is 1.17. The van der Waals surface area contributed by atoms with E-state index in [1.807, 2.05) is 12.3 Å². The number of pyridine rings is 1. The van der Waals surface area contributed by atoms with Gasteiger partial charge in [0.15, 0.2) is 0 Å². The lowest BCUT2D eigenvalue weighted by Gasteiger charge is -2.50. The number of fused-ring (bicyclic) bond motifs is 2. The molecule has 1 N–H and O–H groups in total. The zero-order chi connectivity index (χ0) is 11.4. The molecule has 2 aliphatic heterocycles. The first-order valence-electron chi connectivity index (χ1n) is 6.19. The molecule has 1 aliphatic carbocycles. The van der Waals surface area contributed by atoms with Crippen molar-refractivity contribution in [2.75, 3.05) is 7.05 Å².